The summed E-state index contributed by atoms with van der Waals surface area (Å²) < 4.78 is 11.3. The van der Waals surface area contributed by atoms with Crippen LogP contribution in [0.1, 0.15) is 26.7 Å². The SMILES string of the molecule is CCOc1ccc(OCC)c(NCC2CCN(C)CC2)c1. The van der Waals surface area contributed by atoms with Gasteiger partial charge >= 0.3 is 0 Å². The second-order valence-electron chi connectivity index (χ2n) is 5.65. The molecule has 0 amide bonds. The quantitative estimate of drug-likeness (QED) is 0.836. The van der Waals surface area contributed by atoms with Gasteiger partial charge in [-0.1, -0.05) is 0 Å². The van der Waals surface area contributed by atoms with Crippen molar-refractivity contribution < 1.29 is 9.47 Å². The minimum Gasteiger partial charge on any atom is -0.494 e. The summed E-state index contributed by atoms with van der Waals surface area (Å²) in [5, 5.41) is 3.56. The first-order valence-corrected chi connectivity index (χ1v) is 8.05. The van der Waals surface area contributed by atoms with E-state index >= 15 is 0 Å². The summed E-state index contributed by atoms with van der Waals surface area (Å²) >= 11 is 0. The topological polar surface area (TPSA) is 33.7 Å². The molecule has 2 rings (SSSR count). The fraction of sp³-hybridized carbons (Fsp3) is 0.647. The Bertz CT molecular complexity index is 429. The highest BCUT2D eigenvalue weighted by molar-refractivity contribution is 5.59. The van der Waals surface area contributed by atoms with E-state index in [2.05, 4.69) is 17.3 Å². The minimum absolute atomic E-state index is 0.677. The zero-order valence-electron chi connectivity index (χ0n) is 13.5. The number of piperidine rings is 1. The Morgan fingerprint density at radius 3 is 2.52 bits per heavy atom. The number of benzene rings is 1. The van der Waals surface area contributed by atoms with Gasteiger partial charge in [-0.15, -0.1) is 0 Å². The van der Waals surface area contributed by atoms with Crippen molar-refractivity contribution in [3.8, 4) is 11.5 Å². The summed E-state index contributed by atoms with van der Waals surface area (Å²) in [6, 6.07) is 6.00. The van der Waals surface area contributed by atoms with Crippen LogP contribution in [-0.4, -0.2) is 44.8 Å². The third kappa shape index (κ3) is 4.81. The van der Waals surface area contributed by atoms with Crippen molar-refractivity contribution in [1.82, 2.24) is 4.90 Å². The van der Waals surface area contributed by atoms with Crippen LogP contribution in [0.2, 0.25) is 0 Å². The smallest absolute Gasteiger partial charge is 0.142 e. The molecule has 21 heavy (non-hydrogen) atoms. The van der Waals surface area contributed by atoms with Gasteiger partial charge in [-0.3, -0.25) is 0 Å². The van der Waals surface area contributed by atoms with E-state index in [-0.39, 0.29) is 0 Å². The Balaban J connectivity index is 1.97. The lowest BCUT2D eigenvalue weighted by molar-refractivity contribution is 0.226. The van der Waals surface area contributed by atoms with Crippen molar-refractivity contribution >= 4 is 5.69 Å². The van der Waals surface area contributed by atoms with Gasteiger partial charge < -0.3 is 19.7 Å². The predicted molar refractivity (Wildman–Crippen MR) is 87.5 cm³/mol. The monoisotopic (exact) mass is 292 g/mol. The number of nitrogens with one attached hydrogen (secondary N) is 1. The molecular formula is C17H28N2O2. The summed E-state index contributed by atoms with van der Waals surface area (Å²) in [6.07, 6.45) is 2.53. The lowest BCUT2D eigenvalue weighted by atomic mass is 9.97. The molecule has 0 aliphatic carbocycles. The van der Waals surface area contributed by atoms with Crippen LogP contribution in [0.5, 0.6) is 11.5 Å². The number of rotatable bonds is 7. The molecule has 1 aromatic rings. The van der Waals surface area contributed by atoms with Crippen molar-refractivity contribution in [2.24, 2.45) is 5.92 Å². The molecule has 1 saturated heterocycles. The summed E-state index contributed by atoms with van der Waals surface area (Å²) in [5.41, 5.74) is 1.04. The molecule has 1 heterocycles. The van der Waals surface area contributed by atoms with Crippen molar-refractivity contribution in [2.75, 3.05) is 45.2 Å². The Morgan fingerprint density at radius 1 is 1.14 bits per heavy atom. The first-order chi connectivity index (χ1) is 10.2. The predicted octanol–water partition coefficient (Wildman–Crippen LogP) is 3.24. The lowest BCUT2D eigenvalue weighted by Crippen LogP contribution is -2.33. The molecule has 0 unspecified atom stereocenters. The fourth-order valence-electron chi connectivity index (χ4n) is 2.71. The molecule has 0 atom stereocenters. The Morgan fingerprint density at radius 2 is 1.86 bits per heavy atom. The average Bonchev–Trinajstić information content (AvgIpc) is 2.49. The van der Waals surface area contributed by atoms with E-state index in [4.69, 9.17) is 9.47 Å². The van der Waals surface area contributed by atoms with Crippen LogP contribution in [0.25, 0.3) is 0 Å². The van der Waals surface area contributed by atoms with Gasteiger partial charge in [-0.2, -0.15) is 0 Å². The van der Waals surface area contributed by atoms with E-state index < -0.39 is 0 Å². The zero-order valence-corrected chi connectivity index (χ0v) is 13.5. The van der Waals surface area contributed by atoms with Gasteiger partial charge in [0.1, 0.15) is 11.5 Å². The number of hydrogen-bond donors (Lipinski definition) is 1. The van der Waals surface area contributed by atoms with E-state index in [1.54, 1.807) is 0 Å². The number of hydrogen-bond acceptors (Lipinski definition) is 4. The molecule has 0 saturated carbocycles. The van der Waals surface area contributed by atoms with Crippen LogP contribution in [0.3, 0.4) is 0 Å². The molecule has 4 nitrogen and oxygen atoms in total. The van der Waals surface area contributed by atoms with Crippen molar-refractivity contribution in [3.63, 3.8) is 0 Å². The lowest BCUT2D eigenvalue weighted by Gasteiger charge is -2.29. The zero-order chi connectivity index (χ0) is 15.1. The molecular weight excluding hydrogens is 264 g/mol. The van der Waals surface area contributed by atoms with E-state index in [1.807, 2.05) is 32.0 Å². The maximum Gasteiger partial charge on any atom is 0.142 e. The normalized spacial score (nSPS) is 16.7. The number of likely N-dealkylation sites (tertiary alicyclic amines) is 1. The number of ether oxygens (including phenoxy) is 2. The van der Waals surface area contributed by atoms with Crippen LogP contribution in [0.15, 0.2) is 18.2 Å². The Hall–Kier alpha value is -1.42. The van der Waals surface area contributed by atoms with Crippen molar-refractivity contribution in [1.29, 1.82) is 0 Å². The van der Waals surface area contributed by atoms with Crippen LogP contribution >= 0.6 is 0 Å². The molecule has 1 N–H and O–H groups in total. The molecule has 1 aromatic carbocycles. The molecule has 0 spiro atoms. The van der Waals surface area contributed by atoms with Gasteiger partial charge in [0, 0.05) is 12.6 Å². The summed E-state index contributed by atoms with van der Waals surface area (Å²) in [7, 11) is 2.20. The number of nitrogens with zero attached hydrogens (tertiary/aromatic N) is 1. The molecule has 0 bridgehead atoms. The minimum atomic E-state index is 0.677. The number of anilines is 1. The van der Waals surface area contributed by atoms with E-state index in [0.717, 1.165) is 29.6 Å². The standard InChI is InChI=1S/C17H28N2O2/c1-4-20-15-6-7-17(21-5-2)16(12-15)18-13-14-8-10-19(3)11-9-14/h6-7,12,14,18H,4-5,8-11,13H2,1-3H3. The fourth-order valence-corrected chi connectivity index (χ4v) is 2.71. The Kier molecular flexibility index (Phi) is 6.18. The first kappa shape index (κ1) is 16.0. The van der Waals surface area contributed by atoms with Crippen molar-refractivity contribution in [2.45, 2.75) is 26.7 Å². The molecule has 118 valence electrons. The third-order valence-corrected chi connectivity index (χ3v) is 3.98. The molecule has 1 aliphatic rings. The van der Waals surface area contributed by atoms with E-state index in [9.17, 15) is 0 Å². The maximum atomic E-state index is 5.70. The summed E-state index contributed by atoms with van der Waals surface area (Å²) in [4.78, 5) is 2.40. The third-order valence-electron chi connectivity index (χ3n) is 3.98. The van der Waals surface area contributed by atoms with Crippen LogP contribution in [0.4, 0.5) is 5.69 Å². The Labute approximate surface area is 128 Å². The maximum absolute atomic E-state index is 5.70. The molecule has 4 heteroatoms. The van der Waals surface area contributed by atoms with Crippen LogP contribution in [-0.2, 0) is 0 Å². The molecule has 0 radical (unpaired) electrons. The van der Waals surface area contributed by atoms with E-state index in [1.165, 1.54) is 25.9 Å². The molecule has 0 aromatic heterocycles. The van der Waals surface area contributed by atoms with Gasteiger partial charge in [0.2, 0.25) is 0 Å². The van der Waals surface area contributed by atoms with Crippen LogP contribution in [0, 0.1) is 5.92 Å². The summed E-state index contributed by atoms with van der Waals surface area (Å²) in [5.74, 6) is 2.55. The second kappa shape index (κ2) is 8.13. The molecule has 1 fully saturated rings. The highest BCUT2D eigenvalue weighted by Crippen LogP contribution is 2.30. The van der Waals surface area contributed by atoms with Gasteiger partial charge in [-0.05, 0) is 64.9 Å². The van der Waals surface area contributed by atoms with Crippen molar-refractivity contribution in [3.05, 3.63) is 18.2 Å². The largest absolute Gasteiger partial charge is 0.494 e. The highest BCUT2D eigenvalue weighted by atomic mass is 16.5. The second-order valence-corrected chi connectivity index (χ2v) is 5.65. The highest BCUT2D eigenvalue weighted by Gasteiger charge is 2.17. The van der Waals surface area contributed by atoms with Crippen LogP contribution < -0.4 is 14.8 Å². The molecule has 1 aliphatic heterocycles. The van der Waals surface area contributed by atoms with Gasteiger partial charge in [0.05, 0.1) is 18.9 Å². The van der Waals surface area contributed by atoms with Gasteiger partial charge in [-0.25, -0.2) is 0 Å². The van der Waals surface area contributed by atoms with E-state index in [0.29, 0.717) is 13.2 Å². The average molecular weight is 292 g/mol. The van der Waals surface area contributed by atoms with Gasteiger partial charge in [0.15, 0.2) is 0 Å². The van der Waals surface area contributed by atoms with Gasteiger partial charge in [0.25, 0.3) is 0 Å². The first-order valence-electron chi connectivity index (χ1n) is 8.05. The summed E-state index contributed by atoms with van der Waals surface area (Å²) in [6.45, 7) is 8.77.